The summed E-state index contributed by atoms with van der Waals surface area (Å²) in [4.78, 5) is 10.6. The van der Waals surface area contributed by atoms with Gasteiger partial charge in [0, 0.05) is 29.7 Å². The van der Waals surface area contributed by atoms with Crippen LogP contribution in [0.2, 0.25) is 0 Å². The fourth-order valence-corrected chi connectivity index (χ4v) is 1.31. The third-order valence-corrected chi connectivity index (χ3v) is 2.05. The third-order valence-electron chi connectivity index (χ3n) is 2.05. The van der Waals surface area contributed by atoms with Gasteiger partial charge in [-0.25, -0.2) is 6.07 Å². The van der Waals surface area contributed by atoms with Crippen molar-refractivity contribution in [2.24, 2.45) is 0 Å². The van der Waals surface area contributed by atoms with Gasteiger partial charge in [-0.05, 0) is 0 Å². The Morgan fingerprint density at radius 2 is 1.82 bits per heavy atom. The number of rotatable bonds is 2. The molecule has 3 heteroatoms. The van der Waals surface area contributed by atoms with Crippen LogP contribution in [0.25, 0.3) is 0 Å². The van der Waals surface area contributed by atoms with E-state index in [1.54, 1.807) is 6.07 Å². The Kier molecular flexibility index (Phi) is 8.12. The molecule has 0 N–H and O–H groups in total. The van der Waals surface area contributed by atoms with Crippen LogP contribution < -0.4 is 4.74 Å². The molecule has 0 atom stereocenters. The number of aryl methyl sites for hydroxylation is 1. The summed E-state index contributed by atoms with van der Waals surface area (Å²) < 4.78 is 4.94. The van der Waals surface area contributed by atoms with Gasteiger partial charge >= 0.3 is 5.97 Å². The molecule has 0 fully saturated rings. The summed E-state index contributed by atoms with van der Waals surface area (Å²) in [6, 6.07) is 15.6. The fourth-order valence-electron chi connectivity index (χ4n) is 1.31. The molecule has 0 aliphatic heterocycles. The van der Waals surface area contributed by atoms with Crippen LogP contribution in [-0.4, -0.2) is 5.97 Å². The number of hydrogen-bond donors (Lipinski definition) is 0. The average molecular weight is 272 g/mol. The summed E-state index contributed by atoms with van der Waals surface area (Å²) in [5.41, 5.74) is 1.08. The molecule has 2 rings (SSSR count). The van der Waals surface area contributed by atoms with Gasteiger partial charge in [-0.3, -0.25) is 4.79 Å². The molecule has 2 aromatic rings. The number of hydrogen-bond acceptors (Lipinski definition) is 2. The summed E-state index contributed by atoms with van der Waals surface area (Å²) in [7, 11) is 0. The van der Waals surface area contributed by atoms with E-state index in [9.17, 15) is 4.79 Å². The first-order chi connectivity index (χ1) is 7.74. The van der Waals surface area contributed by atoms with Gasteiger partial charge in [0.15, 0.2) is 0 Å². The van der Waals surface area contributed by atoms with Crippen molar-refractivity contribution >= 4 is 5.97 Å². The van der Waals surface area contributed by atoms with Gasteiger partial charge in [0.2, 0.25) is 0 Å². The minimum atomic E-state index is -0.258. The quantitative estimate of drug-likeness (QED) is 0.476. The van der Waals surface area contributed by atoms with E-state index in [0.717, 1.165) is 12.0 Å². The molecule has 0 spiro atoms. The normalized spacial score (nSPS) is 8.59. The maximum Gasteiger partial charge on any atom is 0.305 e. The monoisotopic (exact) mass is 272 g/mol. The van der Waals surface area contributed by atoms with Crippen molar-refractivity contribution in [2.45, 2.75) is 20.3 Å². The van der Waals surface area contributed by atoms with Crippen molar-refractivity contribution in [3.63, 3.8) is 0 Å². The van der Waals surface area contributed by atoms with Crippen LogP contribution in [0.15, 0.2) is 48.5 Å². The second kappa shape index (κ2) is 8.80. The van der Waals surface area contributed by atoms with Crippen LogP contribution >= 0.6 is 0 Å². The molecular weight excluding hydrogens is 256 g/mol. The van der Waals surface area contributed by atoms with E-state index in [2.05, 4.69) is 0 Å². The predicted octanol–water partition coefficient (Wildman–Crippen LogP) is 3.30. The standard InChI is InChI=1S/C9H11O2.C5H5.Fe/c1-3-8-5-4-6-9(8)11-7(2)10;1-2-4-5-3-1;/h4-6H,3H2,1-2H3;1-5H;/q-1;-5;. The van der Waals surface area contributed by atoms with E-state index in [-0.39, 0.29) is 23.0 Å². The summed E-state index contributed by atoms with van der Waals surface area (Å²) in [6.07, 6.45) is 0.898. The van der Waals surface area contributed by atoms with Crippen molar-refractivity contribution in [3.05, 3.63) is 54.1 Å². The minimum Gasteiger partial charge on any atom is -0.748 e. The van der Waals surface area contributed by atoms with Crippen LogP contribution in [-0.2, 0) is 28.3 Å². The van der Waals surface area contributed by atoms with Gasteiger partial charge < -0.3 is 35.1 Å². The topological polar surface area (TPSA) is 26.3 Å². The molecule has 2 nitrogen and oxygen atoms in total. The van der Waals surface area contributed by atoms with Crippen molar-refractivity contribution < 1.29 is 26.6 Å². The molecule has 0 bridgehead atoms. The Hall–Kier alpha value is -1.31. The maximum atomic E-state index is 10.6. The van der Waals surface area contributed by atoms with Gasteiger partial charge in [-0.2, -0.15) is 12.1 Å². The van der Waals surface area contributed by atoms with Gasteiger partial charge in [0.25, 0.3) is 0 Å². The smallest absolute Gasteiger partial charge is 0.305 e. The number of carbonyl (C=O) groups is 1. The largest absolute Gasteiger partial charge is 0.748 e. The minimum absolute atomic E-state index is 0. The zero-order chi connectivity index (χ0) is 11.8. The number of carbonyl (C=O) groups excluding carboxylic acids is 1. The van der Waals surface area contributed by atoms with Crippen LogP contribution in [0, 0.1) is 0 Å². The zero-order valence-electron chi connectivity index (χ0n) is 10.00. The summed E-state index contributed by atoms with van der Waals surface area (Å²) in [6.45, 7) is 3.44. The molecule has 0 radical (unpaired) electrons. The van der Waals surface area contributed by atoms with E-state index >= 15 is 0 Å². The van der Waals surface area contributed by atoms with E-state index in [0.29, 0.717) is 5.75 Å². The molecule has 0 aliphatic rings. The Morgan fingerprint density at radius 1 is 1.29 bits per heavy atom. The SMILES string of the molecule is CC[c-]1cccc1OC(C)=O.[Fe].[cH-]1[cH-][cH-][cH-][cH-]1. The molecule has 0 aromatic heterocycles. The molecule has 98 valence electrons. The van der Waals surface area contributed by atoms with E-state index < -0.39 is 0 Å². The molecule has 0 saturated carbocycles. The summed E-state index contributed by atoms with van der Waals surface area (Å²) >= 11 is 0. The Balaban J connectivity index is 0.000000360. The Morgan fingerprint density at radius 3 is 2.24 bits per heavy atom. The van der Waals surface area contributed by atoms with Gasteiger partial charge in [0.05, 0.1) is 0 Å². The Bertz CT molecular complexity index is 384. The first-order valence-corrected chi connectivity index (χ1v) is 5.33. The molecule has 2 aromatic carbocycles. The van der Waals surface area contributed by atoms with Gasteiger partial charge in [-0.15, -0.1) is 5.56 Å². The summed E-state index contributed by atoms with van der Waals surface area (Å²) in [5.74, 6) is 0.436. The number of esters is 1. The first-order valence-electron chi connectivity index (χ1n) is 5.33. The van der Waals surface area contributed by atoms with E-state index in [4.69, 9.17) is 4.74 Å². The van der Waals surface area contributed by atoms with Crippen molar-refractivity contribution in [2.75, 3.05) is 0 Å². The van der Waals surface area contributed by atoms with Crippen LogP contribution in [0.3, 0.4) is 0 Å². The third kappa shape index (κ3) is 6.10. The molecule has 0 amide bonds. The number of ether oxygens (including phenoxy) is 1. The van der Waals surface area contributed by atoms with Crippen molar-refractivity contribution in [1.29, 1.82) is 0 Å². The van der Waals surface area contributed by atoms with Crippen LogP contribution in [0.4, 0.5) is 0 Å². The zero-order valence-corrected chi connectivity index (χ0v) is 11.1. The maximum absolute atomic E-state index is 10.6. The van der Waals surface area contributed by atoms with Crippen LogP contribution in [0.1, 0.15) is 19.4 Å². The average Bonchev–Trinajstić information content (AvgIpc) is 2.89. The van der Waals surface area contributed by atoms with E-state index in [1.165, 1.54) is 6.92 Å². The molecular formula is C14H16FeO2-6. The van der Waals surface area contributed by atoms with Crippen LogP contribution in [0.5, 0.6) is 5.75 Å². The fraction of sp³-hybridized carbons (Fsp3) is 0.214. The Labute approximate surface area is 113 Å². The van der Waals surface area contributed by atoms with Crippen molar-refractivity contribution in [1.82, 2.24) is 0 Å². The second-order valence-corrected chi connectivity index (χ2v) is 3.32. The molecule has 0 heterocycles. The van der Waals surface area contributed by atoms with Gasteiger partial charge in [0.1, 0.15) is 0 Å². The summed E-state index contributed by atoms with van der Waals surface area (Å²) in [5, 5.41) is 0. The molecule has 0 saturated heterocycles. The molecule has 17 heavy (non-hydrogen) atoms. The van der Waals surface area contributed by atoms with E-state index in [1.807, 2.05) is 49.4 Å². The van der Waals surface area contributed by atoms with Gasteiger partial charge in [-0.1, -0.05) is 13.3 Å². The first kappa shape index (κ1) is 15.7. The molecule has 0 aliphatic carbocycles. The van der Waals surface area contributed by atoms with Crippen molar-refractivity contribution in [3.8, 4) is 5.75 Å². The second-order valence-electron chi connectivity index (χ2n) is 3.32. The predicted molar refractivity (Wildman–Crippen MR) is 64.8 cm³/mol. The molecule has 0 unspecified atom stereocenters.